The summed E-state index contributed by atoms with van der Waals surface area (Å²) in [4.78, 5) is 12.0. The van der Waals surface area contributed by atoms with Crippen LogP contribution in [0.25, 0.3) is 0 Å². The molecule has 116 valence electrons. The van der Waals surface area contributed by atoms with E-state index in [4.69, 9.17) is 5.11 Å². The molecule has 2 aliphatic rings. The Morgan fingerprint density at radius 2 is 1.95 bits per heavy atom. The Morgan fingerprint density at radius 1 is 1.25 bits per heavy atom. The van der Waals surface area contributed by atoms with E-state index in [1.165, 1.54) is 38.5 Å². The van der Waals surface area contributed by atoms with E-state index in [0.29, 0.717) is 12.0 Å². The van der Waals surface area contributed by atoms with Gasteiger partial charge in [0.25, 0.3) is 0 Å². The smallest absolute Gasteiger partial charge is 0.315 e. The Morgan fingerprint density at radius 3 is 2.50 bits per heavy atom. The summed E-state index contributed by atoms with van der Waals surface area (Å²) in [6.45, 7) is 3.21. The molecule has 20 heavy (non-hydrogen) atoms. The summed E-state index contributed by atoms with van der Waals surface area (Å²) in [5, 5.41) is 15.3. The molecule has 2 fully saturated rings. The first kappa shape index (κ1) is 15.6. The molecule has 1 atom stereocenters. The fraction of sp³-hybridized carbons (Fsp3) is 0.938. The van der Waals surface area contributed by atoms with Crippen molar-refractivity contribution in [3.63, 3.8) is 0 Å². The molecule has 2 amide bonds. The van der Waals surface area contributed by atoms with Crippen LogP contribution in [0.5, 0.6) is 0 Å². The quantitative estimate of drug-likeness (QED) is 0.701. The highest BCUT2D eigenvalue weighted by Crippen LogP contribution is 2.47. The van der Waals surface area contributed by atoms with Crippen LogP contribution in [0, 0.1) is 11.3 Å². The van der Waals surface area contributed by atoms with Gasteiger partial charge in [0.15, 0.2) is 0 Å². The molecule has 2 rings (SSSR count). The van der Waals surface area contributed by atoms with Crippen molar-refractivity contribution in [3.05, 3.63) is 0 Å². The molecule has 0 radical (unpaired) electrons. The first-order valence-corrected chi connectivity index (χ1v) is 8.31. The molecule has 2 aliphatic carbocycles. The summed E-state index contributed by atoms with van der Waals surface area (Å²) < 4.78 is 0. The lowest BCUT2D eigenvalue weighted by molar-refractivity contribution is 0.0455. The molecule has 0 aromatic carbocycles. The maximum absolute atomic E-state index is 12.0. The van der Waals surface area contributed by atoms with Crippen molar-refractivity contribution >= 4 is 6.03 Å². The molecule has 1 unspecified atom stereocenters. The van der Waals surface area contributed by atoms with Gasteiger partial charge in [-0.3, -0.25) is 0 Å². The van der Waals surface area contributed by atoms with Crippen LogP contribution in [0.3, 0.4) is 0 Å². The van der Waals surface area contributed by atoms with Gasteiger partial charge in [-0.05, 0) is 43.4 Å². The summed E-state index contributed by atoms with van der Waals surface area (Å²) in [7, 11) is 0. The number of hydrogen-bond donors (Lipinski definition) is 3. The number of hydrogen-bond acceptors (Lipinski definition) is 2. The van der Waals surface area contributed by atoms with E-state index in [0.717, 1.165) is 25.8 Å². The minimum Gasteiger partial charge on any atom is -0.396 e. The van der Waals surface area contributed by atoms with Crippen molar-refractivity contribution in [2.45, 2.75) is 70.8 Å². The Labute approximate surface area is 122 Å². The van der Waals surface area contributed by atoms with Gasteiger partial charge in [0, 0.05) is 19.2 Å². The summed E-state index contributed by atoms with van der Waals surface area (Å²) in [5.74, 6) is 0.483. The van der Waals surface area contributed by atoms with Gasteiger partial charge in [0.05, 0.1) is 0 Å². The van der Waals surface area contributed by atoms with Crippen molar-refractivity contribution in [2.24, 2.45) is 11.3 Å². The second kappa shape index (κ2) is 7.30. The van der Waals surface area contributed by atoms with Crippen molar-refractivity contribution in [1.82, 2.24) is 10.6 Å². The van der Waals surface area contributed by atoms with E-state index in [1.807, 2.05) is 0 Å². The van der Waals surface area contributed by atoms with Crippen LogP contribution in [-0.4, -0.2) is 30.3 Å². The molecule has 2 saturated carbocycles. The number of carbonyl (C=O) groups excluding carboxylic acids is 1. The number of urea groups is 1. The van der Waals surface area contributed by atoms with Crippen LogP contribution in [0.2, 0.25) is 0 Å². The lowest BCUT2D eigenvalue weighted by Crippen LogP contribution is -2.50. The first-order valence-electron chi connectivity index (χ1n) is 8.31. The van der Waals surface area contributed by atoms with Gasteiger partial charge >= 0.3 is 6.03 Å². The molecule has 0 spiro atoms. The fourth-order valence-corrected chi connectivity index (χ4v) is 3.71. The van der Waals surface area contributed by atoms with Crippen molar-refractivity contribution in [3.8, 4) is 0 Å². The van der Waals surface area contributed by atoms with Crippen LogP contribution >= 0.6 is 0 Å². The van der Waals surface area contributed by atoms with E-state index in [2.05, 4.69) is 17.6 Å². The lowest BCUT2D eigenvalue weighted by atomic mass is 9.60. The Balaban J connectivity index is 1.73. The second-order valence-electron chi connectivity index (χ2n) is 6.79. The maximum atomic E-state index is 12.0. The molecule has 0 aromatic rings. The van der Waals surface area contributed by atoms with Crippen LogP contribution in [0.4, 0.5) is 4.79 Å². The molecule has 0 aliphatic heterocycles. The highest BCUT2D eigenvalue weighted by molar-refractivity contribution is 5.74. The molecule has 3 N–H and O–H groups in total. The van der Waals surface area contributed by atoms with Gasteiger partial charge in [-0.15, -0.1) is 0 Å². The summed E-state index contributed by atoms with van der Waals surface area (Å²) in [6, 6.07) is 0.371. The van der Waals surface area contributed by atoms with Crippen molar-refractivity contribution in [1.29, 1.82) is 0 Å². The average molecular weight is 282 g/mol. The van der Waals surface area contributed by atoms with Crippen LogP contribution in [0.15, 0.2) is 0 Å². The molecule has 0 bridgehead atoms. The van der Waals surface area contributed by atoms with Gasteiger partial charge in [-0.25, -0.2) is 4.79 Å². The standard InChI is InChI=1S/C16H30N2O2/c1-13(8-11-19)16(9-5-10-16)12-17-15(20)18-14-6-3-2-4-7-14/h13-14,19H,2-12H2,1H3,(H2,17,18,20). The lowest BCUT2D eigenvalue weighted by Gasteiger charge is -2.47. The fourth-order valence-electron chi connectivity index (χ4n) is 3.71. The minimum absolute atomic E-state index is 0.000580. The van der Waals surface area contributed by atoms with E-state index in [9.17, 15) is 4.79 Å². The number of aliphatic hydroxyl groups excluding tert-OH is 1. The third-order valence-corrected chi connectivity index (χ3v) is 5.50. The van der Waals surface area contributed by atoms with E-state index in [-0.39, 0.29) is 18.1 Å². The third kappa shape index (κ3) is 3.87. The first-order chi connectivity index (χ1) is 9.66. The minimum atomic E-state index is -0.000580. The van der Waals surface area contributed by atoms with Crippen LogP contribution in [-0.2, 0) is 0 Å². The van der Waals surface area contributed by atoms with E-state index in [1.54, 1.807) is 0 Å². The third-order valence-electron chi connectivity index (χ3n) is 5.50. The molecule has 4 nitrogen and oxygen atoms in total. The number of nitrogens with one attached hydrogen (secondary N) is 2. The molecule has 0 saturated heterocycles. The topological polar surface area (TPSA) is 61.4 Å². The SMILES string of the molecule is CC(CCO)C1(CNC(=O)NC2CCCCC2)CCC1. The van der Waals surface area contributed by atoms with E-state index < -0.39 is 0 Å². The largest absolute Gasteiger partial charge is 0.396 e. The normalized spacial score (nSPS) is 23.7. The average Bonchev–Trinajstić information content (AvgIpc) is 2.39. The monoisotopic (exact) mass is 282 g/mol. The Kier molecular flexibility index (Phi) is 5.70. The molecule has 0 aromatic heterocycles. The van der Waals surface area contributed by atoms with Gasteiger partial charge in [-0.1, -0.05) is 32.6 Å². The summed E-state index contributed by atoms with van der Waals surface area (Å²) in [5.41, 5.74) is 0.229. The van der Waals surface area contributed by atoms with E-state index >= 15 is 0 Å². The predicted octanol–water partition coefficient (Wildman–Crippen LogP) is 2.81. The second-order valence-corrected chi connectivity index (χ2v) is 6.79. The number of rotatable bonds is 6. The van der Waals surface area contributed by atoms with Gasteiger partial charge < -0.3 is 15.7 Å². The van der Waals surface area contributed by atoms with Crippen LogP contribution < -0.4 is 10.6 Å². The zero-order valence-electron chi connectivity index (χ0n) is 12.8. The molecule has 4 heteroatoms. The Hall–Kier alpha value is -0.770. The molecular formula is C16H30N2O2. The zero-order valence-corrected chi connectivity index (χ0v) is 12.8. The van der Waals surface area contributed by atoms with Crippen molar-refractivity contribution < 1.29 is 9.90 Å². The number of amides is 2. The van der Waals surface area contributed by atoms with Gasteiger partial charge in [-0.2, -0.15) is 0 Å². The number of carbonyl (C=O) groups is 1. The highest BCUT2D eigenvalue weighted by Gasteiger charge is 2.41. The zero-order chi connectivity index (χ0) is 14.4. The Bertz CT molecular complexity index is 310. The molecular weight excluding hydrogens is 252 g/mol. The molecule has 0 heterocycles. The summed E-state index contributed by atoms with van der Waals surface area (Å²) >= 11 is 0. The maximum Gasteiger partial charge on any atom is 0.315 e. The summed E-state index contributed by atoms with van der Waals surface area (Å²) in [6.07, 6.45) is 10.5. The highest BCUT2D eigenvalue weighted by atomic mass is 16.3. The van der Waals surface area contributed by atoms with Gasteiger partial charge in [0.1, 0.15) is 0 Å². The van der Waals surface area contributed by atoms with Crippen LogP contribution in [0.1, 0.15) is 64.7 Å². The van der Waals surface area contributed by atoms with Gasteiger partial charge in [0.2, 0.25) is 0 Å². The van der Waals surface area contributed by atoms with Crippen molar-refractivity contribution in [2.75, 3.05) is 13.2 Å². The number of aliphatic hydroxyl groups is 1. The predicted molar refractivity (Wildman–Crippen MR) is 80.6 cm³/mol.